The van der Waals surface area contributed by atoms with Gasteiger partial charge in [0.2, 0.25) is 0 Å². The van der Waals surface area contributed by atoms with E-state index in [2.05, 4.69) is 46.5 Å². The second-order valence-corrected chi connectivity index (χ2v) is 7.82. The Morgan fingerprint density at radius 2 is 1.77 bits per heavy atom. The number of nitrogens with one attached hydrogen (secondary N) is 1. The lowest BCUT2D eigenvalue weighted by Gasteiger charge is -2.13. The number of carbonyl (C=O) groups is 1. The molecule has 1 aromatic carbocycles. The van der Waals surface area contributed by atoms with E-state index in [-0.39, 0.29) is 27.8 Å². The van der Waals surface area contributed by atoms with Gasteiger partial charge in [0.05, 0.1) is 21.6 Å². The molecule has 3 rings (SSSR count). The van der Waals surface area contributed by atoms with Gasteiger partial charge in [-0.3, -0.25) is 4.79 Å². The molecule has 0 aliphatic heterocycles. The average molecular weight is 406 g/mol. The number of hydrogen-bond acceptors (Lipinski definition) is 4. The Kier molecular flexibility index (Phi) is 5.61. The number of benzene rings is 1. The summed E-state index contributed by atoms with van der Waals surface area (Å²) in [6, 6.07) is 11.1. The third kappa shape index (κ3) is 4.06. The number of rotatable bonds is 4. The summed E-state index contributed by atoms with van der Waals surface area (Å²) >= 11 is 13.5. The van der Waals surface area contributed by atoms with Gasteiger partial charge in [-0.1, -0.05) is 53.0 Å². The monoisotopic (exact) mass is 405 g/mol. The summed E-state index contributed by atoms with van der Waals surface area (Å²) in [7, 11) is 0. The largest absolute Gasteiger partial charge is 0.343 e. The molecule has 0 saturated heterocycles. The van der Waals surface area contributed by atoms with Crippen LogP contribution in [0.1, 0.15) is 39.6 Å². The molecule has 0 saturated carbocycles. The van der Waals surface area contributed by atoms with E-state index < -0.39 is 0 Å². The Balaban J connectivity index is 1.82. The number of hydrogen-bond donors (Lipinski definition) is 1. The van der Waals surface area contributed by atoms with Gasteiger partial charge in [-0.2, -0.15) is 0 Å². The van der Waals surface area contributed by atoms with Crippen LogP contribution in [0.4, 0.5) is 0 Å². The van der Waals surface area contributed by atoms with Gasteiger partial charge in [-0.25, -0.2) is 9.97 Å². The van der Waals surface area contributed by atoms with Crippen LogP contribution in [0, 0.1) is 13.8 Å². The minimum Gasteiger partial charge on any atom is -0.343 e. The van der Waals surface area contributed by atoms with Crippen molar-refractivity contribution < 1.29 is 4.79 Å². The van der Waals surface area contributed by atoms with Crippen LogP contribution in [0.3, 0.4) is 0 Å². The molecule has 134 valence electrons. The number of nitrogens with zero attached hydrogens (tertiary/aromatic N) is 2. The molecular weight excluding hydrogens is 389 g/mol. The topological polar surface area (TPSA) is 54.9 Å². The molecule has 2 heterocycles. The van der Waals surface area contributed by atoms with E-state index >= 15 is 0 Å². The normalized spacial score (nSPS) is 12.0. The predicted octanol–water partition coefficient (Wildman–Crippen LogP) is 5.62. The Labute approximate surface area is 166 Å². The number of thiazole rings is 1. The molecule has 1 amide bonds. The Bertz CT molecular complexity index is 954. The van der Waals surface area contributed by atoms with Crippen LogP contribution >= 0.6 is 34.5 Å². The van der Waals surface area contributed by atoms with E-state index in [0.717, 1.165) is 21.1 Å². The highest BCUT2D eigenvalue weighted by molar-refractivity contribution is 7.15. The maximum atomic E-state index is 12.5. The first-order valence-corrected chi connectivity index (χ1v) is 9.59. The number of carbonyl (C=O) groups excluding carboxylic acids is 1. The Morgan fingerprint density at radius 3 is 2.46 bits per heavy atom. The van der Waals surface area contributed by atoms with Gasteiger partial charge in [0, 0.05) is 5.56 Å². The second kappa shape index (κ2) is 7.74. The first-order valence-electron chi connectivity index (χ1n) is 8.02. The number of halogens is 2. The maximum absolute atomic E-state index is 12.5. The fraction of sp³-hybridized carbons (Fsp3) is 0.211. The van der Waals surface area contributed by atoms with Gasteiger partial charge in [-0.05, 0) is 32.9 Å². The zero-order chi connectivity index (χ0) is 18.8. The lowest BCUT2D eigenvalue weighted by molar-refractivity contribution is 0.0935. The number of amides is 1. The summed E-state index contributed by atoms with van der Waals surface area (Å²) in [4.78, 5) is 22.1. The maximum Gasteiger partial charge on any atom is 0.271 e. The minimum atomic E-state index is -0.366. The van der Waals surface area contributed by atoms with Gasteiger partial charge in [-0.15, -0.1) is 11.3 Å². The molecule has 26 heavy (non-hydrogen) atoms. The van der Waals surface area contributed by atoms with Crippen molar-refractivity contribution in [3.63, 3.8) is 0 Å². The second-order valence-electron chi connectivity index (χ2n) is 5.99. The summed E-state index contributed by atoms with van der Waals surface area (Å²) in [5, 5.41) is 4.34. The quantitative estimate of drug-likeness (QED) is 0.572. The van der Waals surface area contributed by atoms with Crippen molar-refractivity contribution in [2.75, 3.05) is 0 Å². The lowest BCUT2D eigenvalue weighted by Crippen LogP contribution is -2.27. The van der Waals surface area contributed by atoms with Crippen molar-refractivity contribution in [1.82, 2.24) is 15.3 Å². The Hall–Kier alpha value is -1.95. The molecule has 0 aliphatic rings. The molecule has 3 aromatic rings. The van der Waals surface area contributed by atoms with Crippen LogP contribution in [0.2, 0.25) is 10.2 Å². The smallest absolute Gasteiger partial charge is 0.271 e. The average Bonchev–Trinajstić information content (AvgIpc) is 2.99. The van der Waals surface area contributed by atoms with Crippen molar-refractivity contribution in [3.05, 3.63) is 68.4 Å². The SMILES string of the molecule is Cc1ccc(-c2nc(C)c(C(C)NC(=O)c3nc(Cl)ccc3Cl)s2)cc1. The fourth-order valence-corrected chi connectivity index (χ4v) is 3.95. The lowest BCUT2D eigenvalue weighted by atomic mass is 10.2. The summed E-state index contributed by atoms with van der Waals surface area (Å²) in [5.41, 5.74) is 3.28. The van der Waals surface area contributed by atoms with Crippen molar-refractivity contribution >= 4 is 40.4 Å². The first kappa shape index (κ1) is 18.8. The molecule has 1 N–H and O–H groups in total. The fourth-order valence-electron chi connectivity index (χ4n) is 2.54. The van der Waals surface area contributed by atoms with Crippen molar-refractivity contribution in [2.45, 2.75) is 26.8 Å². The standard InChI is InChI=1S/C19H17Cl2N3OS/c1-10-4-6-13(7-5-10)19-23-12(3)17(26-19)11(2)22-18(25)16-14(20)8-9-15(21)24-16/h4-9,11H,1-3H3,(H,22,25). The zero-order valence-corrected chi connectivity index (χ0v) is 16.8. The van der Waals surface area contributed by atoms with E-state index in [9.17, 15) is 4.79 Å². The van der Waals surface area contributed by atoms with Gasteiger partial charge in [0.1, 0.15) is 15.9 Å². The highest BCUT2D eigenvalue weighted by atomic mass is 35.5. The summed E-state index contributed by atoms with van der Waals surface area (Å²) in [5.74, 6) is -0.366. The summed E-state index contributed by atoms with van der Waals surface area (Å²) < 4.78 is 0. The molecule has 0 radical (unpaired) electrons. The van der Waals surface area contributed by atoms with E-state index in [4.69, 9.17) is 23.2 Å². The number of pyridine rings is 1. The summed E-state index contributed by atoms with van der Waals surface area (Å²) in [6.07, 6.45) is 0. The molecule has 0 bridgehead atoms. The number of aromatic nitrogens is 2. The van der Waals surface area contributed by atoms with Gasteiger partial charge in [0.15, 0.2) is 0 Å². The highest BCUT2D eigenvalue weighted by Gasteiger charge is 2.20. The molecule has 2 aromatic heterocycles. The molecule has 0 spiro atoms. The van der Waals surface area contributed by atoms with Crippen LogP contribution < -0.4 is 5.32 Å². The Morgan fingerprint density at radius 1 is 1.08 bits per heavy atom. The third-order valence-electron chi connectivity index (χ3n) is 3.90. The molecule has 1 unspecified atom stereocenters. The van der Waals surface area contributed by atoms with Crippen LogP contribution in [-0.2, 0) is 0 Å². The third-order valence-corrected chi connectivity index (χ3v) is 5.80. The zero-order valence-electron chi connectivity index (χ0n) is 14.5. The molecule has 4 nitrogen and oxygen atoms in total. The highest BCUT2D eigenvalue weighted by Crippen LogP contribution is 2.32. The first-order chi connectivity index (χ1) is 12.3. The molecule has 0 aliphatic carbocycles. The van der Waals surface area contributed by atoms with E-state index in [1.54, 1.807) is 23.5 Å². The van der Waals surface area contributed by atoms with Gasteiger partial charge in [0.25, 0.3) is 5.91 Å². The van der Waals surface area contributed by atoms with Crippen LogP contribution in [0.15, 0.2) is 36.4 Å². The minimum absolute atomic E-state index is 0.118. The van der Waals surface area contributed by atoms with E-state index in [1.807, 2.05) is 13.8 Å². The molecule has 0 fully saturated rings. The van der Waals surface area contributed by atoms with Crippen LogP contribution in [0.25, 0.3) is 10.6 Å². The molecule has 7 heteroatoms. The van der Waals surface area contributed by atoms with E-state index in [0.29, 0.717) is 0 Å². The van der Waals surface area contributed by atoms with Crippen LogP contribution in [-0.4, -0.2) is 15.9 Å². The van der Waals surface area contributed by atoms with E-state index in [1.165, 1.54) is 5.56 Å². The molecule has 1 atom stereocenters. The number of aryl methyl sites for hydroxylation is 2. The van der Waals surface area contributed by atoms with Crippen LogP contribution in [0.5, 0.6) is 0 Å². The van der Waals surface area contributed by atoms with Crippen molar-refractivity contribution in [3.8, 4) is 10.6 Å². The van der Waals surface area contributed by atoms with Gasteiger partial charge < -0.3 is 5.32 Å². The van der Waals surface area contributed by atoms with Gasteiger partial charge >= 0.3 is 0 Å². The molecular formula is C19H17Cl2N3OS. The van der Waals surface area contributed by atoms with Crippen molar-refractivity contribution in [2.24, 2.45) is 0 Å². The van der Waals surface area contributed by atoms with Crippen molar-refractivity contribution in [1.29, 1.82) is 0 Å². The summed E-state index contributed by atoms with van der Waals surface area (Å²) in [6.45, 7) is 5.90. The predicted molar refractivity (Wildman–Crippen MR) is 107 cm³/mol.